The van der Waals surface area contributed by atoms with Crippen molar-refractivity contribution >= 4 is 11.9 Å². The number of amides is 1. The second-order valence-corrected chi connectivity index (χ2v) is 6.34. The molecule has 0 radical (unpaired) electrons. The average Bonchev–Trinajstić information content (AvgIpc) is 2.62. The van der Waals surface area contributed by atoms with Gasteiger partial charge in [-0.15, -0.1) is 0 Å². The van der Waals surface area contributed by atoms with Crippen LogP contribution in [0.25, 0.3) is 0 Å². The smallest absolute Gasteiger partial charge is 0.311 e. The Bertz CT molecular complexity index is 595. The van der Waals surface area contributed by atoms with Crippen molar-refractivity contribution in [2.45, 2.75) is 57.6 Å². The van der Waals surface area contributed by atoms with Crippen molar-refractivity contribution in [1.82, 2.24) is 5.32 Å². The van der Waals surface area contributed by atoms with E-state index in [0.717, 1.165) is 31.2 Å². The Morgan fingerprint density at radius 2 is 1.80 bits per heavy atom. The molecule has 6 heteroatoms. The second-order valence-electron chi connectivity index (χ2n) is 6.34. The van der Waals surface area contributed by atoms with Gasteiger partial charge in [0.25, 0.3) is 5.91 Å². The highest BCUT2D eigenvalue weighted by Gasteiger charge is 2.22. The molecule has 1 aliphatic rings. The molecule has 1 fully saturated rings. The highest BCUT2D eigenvalue weighted by Crippen LogP contribution is 2.27. The molecule has 0 heterocycles. The zero-order chi connectivity index (χ0) is 18.2. The number of nitrogens with one attached hydrogen (secondary N) is 1. The predicted molar refractivity (Wildman–Crippen MR) is 93.8 cm³/mol. The highest BCUT2D eigenvalue weighted by molar-refractivity contribution is 5.84. The summed E-state index contributed by atoms with van der Waals surface area (Å²) in [6.07, 6.45) is 4.77. The van der Waals surface area contributed by atoms with Gasteiger partial charge in [0.1, 0.15) is 0 Å². The molecule has 6 nitrogen and oxygen atoms in total. The van der Waals surface area contributed by atoms with E-state index >= 15 is 0 Å². The number of methoxy groups -OCH3 is 2. The molecule has 0 aliphatic heterocycles. The lowest BCUT2D eigenvalue weighted by atomic mass is 9.95. The number of rotatable bonds is 7. The molecule has 1 amide bonds. The Morgan fingerprint density at radius 3 is 2.44 bits per heavy atom. The molecule has 0 unspecified atom stereocenters. The van der Waals surface area contributed by atoms with Crippen LogP contribution in [0.1, 0.15) is 44.6 Å². The lowest BCUT2D eigenvalue weighted by molar-refractivity contribution is -0.154. The summed E-state index contributed by atoms with van der Waals surface area (Å²) in [7, 11) is 3.09. The first-order valence-corrected chi connectivity index (χ1v) is 8.74. The Labute approximate surface area is 148 Å². The molecule has 1 atom stereocenters. The van der Waals surface area contributed by atoms with Crippen molar-refractivity contribution in [3.8, 4) is 11.5 Å². The molecular weight excluding hydrogens is 322 g/mol. The van der Waals surface area contributed by atoms with Gasteiger partial charge in [0, 0.05) is 6.04 Å². The van der Waals surface area contributed by atoms with Gasteiger partial charge in [-0.2, -0.15) is 0 Å². The van der Waals surface area contributed by atoms with Crippen molar-refractivity contribution in [1.29, 1.82) is 0 Å². The van der Waals surface area contributed by atoms with Crippen LogP contribution in [0.2, 0.25) is 0 Å². The number of benzene rings is 1. The Balaban J connectivity index is 1.85. The maximum Gasteiger partial charge on any atom is 0.311 e. The van der Waals surface area contributed by atoms with Gasteiger partial charge < -0.3 is 19.5 Å². The monoisotopic (exact) mass is 349 g/mol. The fourth-order valence-electron chi connectivity index (χ4n) is 3.02. The Morgan fingerprint density at radius 1 is 1.12 bits per heavy atom. The zero-order valence-corrected chi connectivity index (χ0v) is 15.2. The molecule has 0 spiro atoms. The van der Waals surface area contributed by atoms with Gasteiger partial charge in [-0.05, 0) is 37.5 Å². The third-order valence-electron chi connectivity index (χ3n) is 4.43. The summed E-state index contributed by atoms with van der Waals surface area (Å²) in [5.74, 6) is 0.474. The number of ether oxygens (including phenoxy) is 3. The third-order valence-corrected chi connectivity index (χ3v) is 4.43. The van der Waals surface area contributed by atoms with Gasteiger partial charge >= 0.3 is 5.97 Å². The van der Waals surface area contributed by atoms with Crippen molar-refractivity contribution in [3.05, 3.63) is 23.8 Å². The van der Waals surface area contributed by atoms with E-state index in [1.54, 1.807) is 32.2 Å². The van der Waals surface area contributed by atoms with E-state index in [0.29, 0.717) is 11.5 Å². The molecule has 1 aromatic carbocycles. The molecule has 1 saturated carbocycles. The molecule has 1 aromatic rings. The predicted octanol–water partition coefficient (Wildman–Crippen LogP) is 2.63. The summed E-state index contributed by atoms with van der Waals surface area (Å²) in [4.78, 5) is 24.3. The summed E-state index contributed by atoms with van der Waals surface area (Å²) in [5.41, 5.74) is 0.738. The maximum atomic E-state index is 12.2. The van der Waals surface area contributed by atoms with Crippen molar-refractivity contribution in [3.63, 3.8) is 0 Å². The number of carbonyl (C=O) groups excluding carboxylic acids is 2. The topological polar surface area (TPSA) is 73.9 Å². The van der Waals surface area contributed by atoms with E-state index in [9.17, 15) is 9.59 Å². The number of carbonyl (C=O) groups is 2. The van der Waals surface area contributed by atoms with Crippen LogP contribution >= 0.6 is 0 Å². The molecule has 0 bridgehead atoms. The molecule has 0 saturated heterocycles. The van der Waals surface area contributed by atoms with E-state index in [-0.39, 0.29) is 18.4 Å². The van der Waals surface area contributed by atoms with E-state index in [1.165, 1.54) is 13.5 Å². The molecule has 2 rings (SSSR count). The third kappa shape index (κ3) is 5.66. The minimum atomic E-state index is -0.797. The molecular formula is C19H27NO5. The largest absolute Gasteiger partial charge is 0.493 e. The lowest BCUT2D eigenvalue weighted by Gasteiger charge is -2.24. The van der Waals surface area contributed by atoms with E-state index in [4.69, 9.17) is 14.2 Å². The summed E-state index contributed by atoms with van der Waals surface area (Å²) < 4.78 is 15.7. The number of hydrogen-bond donors (Lipinski definition) is 1. The van der Waals surface area contributed by atoms with Gasteiger partial charge in [-0.3, -0.25) is 9.59 Å². The van der Waals surface area contributed by atoms with Crippen molar-refractivity contribution in [2.75, 3.05) is 14.2 Å². The van der Waals surface area contributed by atoms with Gasteiger partial charge in [-0.1, -0.05) is 25.3 Å². The van der Waals surface area contributed by atoms with Crippen molar-refractivity contribution in [2.24, 2.45) is 0 Å². The summed E-state index contributed by atoms with van der Waals surface area (Å²) in [6.45, 7) is 1.60. The van der Waals surface area contributed by atoms with E-state index in [1.807, 2.05) is 0 Å². The van der Waals surface area contributed by atoms with Crippen LogP contribution < -0.4 is 14.8 Å². The summed E-state index contributed by atoms with van der Waals surface area (Å²) in [5, 5.41) is 2.97. The van der Waals surface area contributed by atoms with Gasteiger partial charge in [0.2, 0.25) is 0 Å². The van der Waals surface area contributed by atoms with Crippen LogP contribution in [0, 0.1) is 0 Å². The van der Waals surface area contributed by atoms with Crippen LogP contribution in [-0.4, -0.2) is 38.2 Å². The minimum Gasteiger partial charge on any atom is -0.493 e. The zero-order valence-electron chi connectivity index (χ0n) is 15.2. The fraction of sp³-hybridized carbons (Fsp3) is 0.579. The molecule has 0 aromatic heterocycles. The van der Waals surface area contributed by atoms with Crippen LogP contribution in [0.3, 0.4) is 0 Å². The normalized spacial score (nSPS) is 16.0. The van der Waals surface area contributed by atoms with Crippen LogP contribution in [0.15, 0.2) is 18.2 Å². The fourth-order valence-corrected chi connectivity index (χ4v) is 3.02. The quantitative estimate of drug-likeness (QED) is 0.766. The van der Waals surface area contributed by atoms with Gasteiger partial charge in [-0.25, -0.2) is 0 Å². The first kappa shape index (κ1) is 19.1. The first-order chi connectivity index (χ1) is 12.0. The van der Waals surface area contributed by atoms with E-state index in [2.05, 4.69) is 5.32 Å². The van der Waals surface area contributed by atoms with Gasteiger partial charge in [0.05, 0.1) is 20.6 Å². The van der Waals surface area contributed by atoms with E-state index < -0.39 is 12.1 Å². The standard InChI is InChI=1S/C19H27NO5/c1-13(19(22)20-15-7-5-4-6-8-15)25-18(21)12-14-9-10-16(23-2)17(11-14)24-3/h9-11,13,15H,4-8,12H2,1-3H3,(H,20,22)/t13-/m1/s1. The summed E-state index contributed by atoms with van der Waals surface area (Å²) >= 11 is 0. The van der Waals surface area contributed by atoms with Crippen LogP contribution in [-0.2, 0) is 20.7 Å². The Kier molecular flexibility index (Phi) is 7.10. The number of esters is 1. The SMILES string of the molecule is COc1ccc(CC(=O)O[C@H](C)C(=O)NC2CCCCC2)cc1OC. The Hall–Kier alpha value is -2.24. The molecule has 1 aliphatic carbocycles. The molecule has 138 valence electrons. The lowest BCUT2D eigenvalue weighted by Crippen LogP contribution is -2.42. The molecule has 1 N–H and O–H groups in total. The first-order valence-electron chi connectivity index (χ1n) is 8.74. The van der Waals surface area contributed by atoms with Crippen LogP contribution in [0.4, 0.5) is 0 Å². The van der Waals surface area contributed by atoms with Crippen molar-refractivity contribution < 1.29 is 23.8 Å². The maximum absolute atomic E-state index is 12.2. The van der Waals surface area contributed by atoms with Gasteiger partial charge in [0.15, 0.2) is 17.6 Å². The summed E-state index contributed by atoms with van der Waals surface area (Å²) in [6, 6.07) is 5.44. The number of hydrogen-bond acceptors (Lipinski definition) is 5. The highest BCUT2D eigenvalue weighted by atomic mass is 16.5. The second kappa shape index (κ2) is 9.30. The molecule has 25 heavy (non-hydrogen) atoms. The average molecular weight is 349 g/mol. The minimum absolute atomic E-state index is 0.0708. The van der Waals surface area contributed by atoms with Crippen LogP contribution in [0.5, 0.6) is 11.5 Å².